The molecule has 21 heavy (non-hydrogen) atoms. The van der Waals surface area contributed by atoms with Gasteiger partial charge in [0.25, 0.3) is 0 Å². The molecule has 0 radical (unpaired) electrons. The number of anilines is 2. The maximum absolute atomic E-state index is 12.2. The van der Waals surface area contributed by atoms with E-state index in [-0.39, 0.29) is 12.8 Å². The molecule has 0 spiro atoms. The molecule has 3 rings (SSSR count). The van der Waals surface area contributed by atoms with E-state index in [0.717, 1.165) is 0 Å². The van der Waals surface area contributed by atoms with Crippen molar-refractivity contribution in [1.82, 2.24) is 0 Å². The molecule has 0 aromatic heterocycles. The van der Waals surface area contributed by atoms with E-state index in [1.165, 1.54) is 4.90 Å². The molecule has 0 saturated heterocycles. The maximum atomic E-state index is 12.2. The zero-order valence-corrected chi connectivity index (χ0v) is 12.1. The van der Waals surface area contributed by atoms with Crippen molar-refractivity contribution in [3.8, 4) is 11.5 Å². The summed E-state index contributed by atoms with van der Waals surface area (Å²) in [4.78, 5) is 13.7. The first-order chi connectivity index (χ1) is 10.1. The Morgan fingerprint density at radius 1 is 1.14 bits per heavy atom. The van der Waals surface area contributed by atoms with Gasteiger partial charge in [0.2, 0.25) is 6.79 Å². The molecular formula is C15H13ClN2O3. The predicted octanol–water partition coefficient (Wildman–Crippen LogP) is 3.74. The third-order valence-electron chi connectivity index (χ3n) is 3.14. The van der Waals surface area contributed by atoms with E-state index >= 15 is 0 Å². The number of benzene rings is 2. The van der Waals surface area contributed by atoms with Gasteiger partial charge in [0, 0.05) is 29.5 Å². The van der Waals surface area contributed by atoms with E-state index in [4.69, 9.17) is 21.1 Å². The first-order valence-corrected chi connectivity index (χ1v) is 6.71. The van der Waals surface area contributed by atoms with Gasteiger partial charge in [0.15, 0.2) is 11.5 Å². The smallest absolute Gasteiger partial charge is 0.326 e. The fourth-order valence-corrected chi connectivity index (χ4v) is 2.08. The van der Waals surface area contributed by atoms with Crippen LogP contribution in [-0.4, -0.2) is 19.9 Å². The third kappa shape index (κ3) is 2.87. The Balaban J connectivity index is 1.73. The fourth-order valence-electron chi connectivity index (χ4n) is 1.95. The van der Waals surface area contributed by atoms with E-state index in [1.807, 2.05) is 0 Å². The normalized spacial score (nSPS) is 12.1. The van der Waals surface area contributed by atoms with Crippen molar-refractivity contribution in [3.63, 3.8) is 0 Å². The lowest BCUT2D eigenvalue weighted by molar-refractivity contribution is 0.174. The van der Waals surface area contributed by atoms with Gasteiger partial charge in [0.05, 0.1) is 0 Å². The van der Waals surface area contributed by atoms with Crippen LogP contribution < -0.4 is 19.7 Å². The maximum Gasteiger partial charge on any atom is 0.326 e. The summed E-state index contributed by atoms with van der Waals surface area (Å²) >= 11 is 5.81. The number of ether oxygens (including phenoxy) is 2. The Labute approximate surface area is 127 Å². The summed E-state index contributed by atoms with van der Waals surface area (Å²) in [6, 6.07) is 12.0. The van der Waals surface area contributed by atoms with Crippen molar-refractivity contribution in [1.29, 1.82) is 0 Å². The van der Waals surface area contributed by atoms with Crippen molar-refractivity contribution in [2.24, 2.45) is 0 Å². The topological polar surface area (TPSA) is 50.8 Å². The molecule has 2 aromatic carbocycles. The molecule has 2 amide bonds. The lowest BCUT2D eigenvalue weighted by Crippen LogP contribution is -2.31. The highest BCUT2D eigenvalue weighted by Gasteiger charge is 2.17. The molecule has 1 aliphatic heterocycles. The predicted molar refractivity (Wildman–Crippen MR) is 81.4 cm³/mol. The molecular weight excluding hydrogens is 292 g/mol. The standard InChI is InChI=1S/C15H13ClN2O3/c1-18(12-6-7-13-14(8-12)21-9-20-13)15(19)17-11-4-2-10(16)3-5-11/h2-8H,9H2,1H3,(H,17,19). The second kappa shape index (κ2) is 5.54. The average Bonchev–Trinajstić information content (AvgIpc) is 2.96. The highest BCUT2D eigenvalue weighted by atomic mass is 35.5. The first kappa shape index (κ1) is 13.6. The molecule has 0 saturated carbocycles. The lowest BCUT2D eigenvalue weighted by Gasteiger charge is -2.18. The van der Waals surface area contributed by atoms with Gasteiger partial charge in [0.1, 0.15) is 0 Å². The van der Waals surface area contributed by atoms with Crippen LogP contribution in [0.5, 0.6) is 11.5 Å². The summed E-state index contributed by atoms with van der Waals surface area (Å²) in [5, 5.41) is 3.41. The molecule has 2 aromatic rings. The van der Waals surface area contributed by atoms with Crippen LogP contribution in [0.3, 0.4) is 0 Å². The molecule has 0 fully saturated rings. The minimum absolute atomic E-state index is 0.208. The molecule has 108 valence electrons. The van der Waals surface area contributed by atoms with Crippen LogP contribution in [-0.2, 0) is 0 Å². The number of hydrogen-bond donors (Lipinski definition) is 1. The van der Waals surface area contributed by atoms with Crippen LogP contribution >= 0.6 is 11.6 Å². The molecule has 6 heteroatoms. The number of urea groups is 1. The van der Waals surface area contributed by atoms with E-state index in [1.54, 1.807) is 49.5 Å². The molecule has 0 aliphatic carbocycles. The van der Waals surface area contributed by atoms with Crippen molar-refractivity contribution >= 4 is 29.0 Å². The first-order valence-electron chi connectivity index (χ1n) is 6.33. The zero-order chi connectivity index (χ0) is 14.8. The molecule has 1 N–H and O–H groups in total. The number of fused-ring (bicyclic) bond motifs is 1. The fraction of sp³-hybridized carbons (Fsp3) is 0.133. The second-order valence-corrected chi connectivity index (χ2v) is 4.97. The number of hydrogen-bond acceptors (Lipinski definition) is 3. The number of nitrogens with zero attached hydrogens (tertiary/aromatic N) is 1. The SMILES string of the molecule is CN(C(=O)Nc1ccc(Cl)cc1)c1ccc2c(c1)OCO2. The van der Waals surface area contributed by atoms with Crippen LogP contribution in [0, 0.1) is 0 Å². The molecule has 5 nitrogen and oxygen atoms in total. The Hall–Kier alpha value is -2.40. The summed E-state index contributed by atoms with van der Waals surface area (Å²) in [5.41, 5.74) is 1.39. The lowest BCUT2D eigenvalue weighted by atomic mass is 10.2. The van der Waals surface area contributed by atoms with Gasteiger partial charge in [-0.25, -0.2) is 4.79 Å². The van der Waals surface area contributed by atoms with Gasteiger partial charge in [-0.05, 0) is 36.4 Å². The summed E-state index contributed by atoms with van der Waals surface area (Å²) in [7, 11) is 1.68. The Kier molecular flexibility index (Phi) is 3.58. The summed E-state index contributed by atoms with van der Waals surface area (Å²) < 4.78 is 10.6. The van der Waals surface area contributed by atoms with Gasteiger partial charge < -0.3 is 14.8 Å². The second-order valence-electron chi connectivity index (χ2n) is 4.53. The quantitative estimate of drug-likeness (QED) is 0.919. The Morgan fingerprint density at radius 2 is 1.86 bits per heavy atom. The summed E-state index contributed by atoms with van der Waals surface area (Å²) in [6.07, 6.45) is 0. The number of nitrogens with one attached hydrogen (secondary N) is 1. The van der Waals surface area contributed by atoms with Crippen LogP contribution in [0.4, 0.5) is 16.2 Å². The minimum atomic E-state index is -0.254. The number of carbonyl (C=O) groups is 1. The summed E-state index contributed by atoms with van der Waals surface area (Å²) in [5.74, 6) is 1.32. The Morgan fingerprint density at radius 3 is 2.62 bits per heavy atom. The van der Waals surface area contributed by atoms with Crippen LogP contribution in [0.15, 0.2) is 42.5 Å². The van der Waals surface area contributed by atoms with Crippen LogP contribution in [0.1, 0.15) is 0 Å². The third-order valence-corrected chi connectivity index (χ3v) is 3.40. The van der Waals surface area contributed by atoms with Gasteiger partial charge in [-0.1, -0.05) is 11.6 Å². The number of carbonyl (C=O) groups excluding carboxylic acids is 1. The van der Waals surface area contributed by atoms with E-state index in [2.05, 4.69) is 5.32 Å². The van der Waals surface area contributed by atoms with Crippen molar-refractivity contribution in [3.05, 3.63) is 47.5 Å². The molecule has 0 atom stereocenters. The minimum Gasteiger partial charge on any atom is -0.454 e. The van der Waals surface area contributed by atoms with Gasteiger partial charge in [-0.3, -0.25) is 4.90 Å². The largest absolute Gasteiger partial charge is 0.454 e. The van der Waals surface area contributed by atoms with E-state index < -0.39 is 0 Å². The van der Waals surface area contributed by atoms with Gasteiger partial charge in [-0.2, -0.15) is 0 Å². The van der Waals surface area contributed by atoms with Crippen molar-refractivity contribution in [2.75, 3.05) is 24.1 Å². The van der Waals surface area contributed by atoms with Crippen LogP contribution in [0.25, 0.3) is 0 Å². The highest BCUT2D eigenvalue weighted by molar-refractivity contribution is 6.30. The average molecular weight is 305 g/mol. The van der Waals surface area contributed by atoms with Crippen molar-refractivity contribution < 1.29 is 14.3 Å². The summed E-state index contributed by atoms with van der Waals surface area (Å²) in [6.45, 7) is 0.208. The monoisotopic (exact) mass is 304 g/mol. The number of halogens is 1. The number of rotatable bonds is 2. The highest BCUT2D eigenvalue weighted by Crippen LogP contribution is 2.35. The van der Waals surface area contributed by atoms with Gasteiger partial charge in [-0.15, -0.1) is 0 Å². The van der Waals surface area contributed by atoms with E-state index in [9.17, 15) is 4.79 Å². The molecule has 1 heterocycles. The van der Waals surface area contributed by atoms with E-state index in [0.29, 0.717) is 27.9 Å². The van der Waals surface area contributed by atoms with Crippen molar-refractivity contribution in [2.45, 2.75) is 0 Å². The van der Waals surface area contributed by atoms with Gasteiger partial charge >= 0.3 is 6.03 Å². The molecule has 1 aliphatic rings. The Bertz CT molecular complexity index is 673. The zero-order valence-electron chi connectivity index (χ0n) is 11.3. The molecule has 0 unspecified atom stereocenters. The molecule has 0 bridgehead atoms. The number of amides is 2. The van der Waals surface area contributed by atoms with Crippen LogP contribution in [0.2, 0.25) is 5.02 Å².